The van der Waals surface area contributed by atoms with E-state index >= 15 is 0 Å². The van der Waals surface area contributed by atoms with E-state index in [2.05, 4.69) is 5.32 Å². The van der Waals surface area contributed by atoms with Crippen LogP contribution in [0.25, 0.3) is 0 Å². The molecule has 0 aromatic heterocycles. The quantitative estimate of drug-likeness (QED) is 0.546. The number of nitro groups is 1. The Bertz CT molecular complexity index is 1070. The van der Waals surface area contributed by atoms with Crippen molar-refractivity contribution in [3.63, 3.8) is 0 Å². The van der Waals surface area contributed by atoms with Crippen molar-refractivity contribution in [3.8, 4) is 0 Å². The standard InChI is InChI=1S/C20H22FN3O5S/c1-23(15-7-3-2-4-8-15)30(28,29)17-9-5-6-14(12-17)20(25)22-19-13-16(24(26)27)10-11-18(19)21/h5-6,9-13,15H,2-4,7-8H2,1H3,(H,22,25). The summed E-state index contributed by atoms with van der Waals surface area (Å²) in [4.78, 5) is 22.7. The van der Waals surface area contributed by atoms with E-state index < -0.39 is 26.7 Å². The number of carbonyl (C=O) groups excluding carboxylic acids is 1. The van der Waals surface area contributed by atoms with Crippen LogP contribution in [0.4, 0.5) is 15.8 Å². The van der Waals surface area contributed by atoms with Gasteiger partial charge in [0, 0.05) is 30.8 Å². The van der Waals surface area contributed by atoms with Gasteiger partial charge in [-0.15, -0.1) is 0 Å². The first-order valence-corrected chi connectivity index (χ1v) is 11.0. The average molecular weight is 435 g/mol. The molecule has 1 N–H and O–H groups in total. The molecule has 2 aromatic rings. The molecule has 0 bridgehead atoms. The molecule has 2 aromatic carbocycles. The van der Waals surface area contributed by atoms with Gasteiger partial charge in [-0.25, -0.2) is 12.8 Å². The normalized spacial score (nSPS) is 15.2. The highest BCUT2D eigenvalue weighted by Crippen LogP contribution is 2.27. The minimum Gasteiger partial charge on any atom is -0.319 e. The molecule has 1 fully saturated rings. The fourth-order valence-corrected chi connectivity index (χ4v) is 4.98. The third-order valence-electron chi connectivity index (χ3n) is 5.27. The van der Waals surface area contributed by atoms with Crippen molar-refractivity contribution in [1.82, 2.24) is 4.31 Å². The van der Waals surface area contributed by atoms with Gasteiger partial charge in [-0.05, 0) is 37.1 Å². The summed E-state index contributed by atoms with van der Waals surface area (Å²) in [5.41, 5.74) is -0.738. The van der Waals surface area contributed by atoms with Crippen molar-refractivity contribution in [2.75, 3.05) is 12.4 Å². The van der Waals surface area contributed by atoms with Crippen LogP contribution in [0, 0.1) is 15.9 Å². The lowest BCUT2D eigenvalue weighted by atomic mass is 9.96. The Labute approximate surface area is 173 Å². The Balaban J connectivity index is 1.83. The van der Waals surface area contributed by atoms with Crippen LogP contribution in [0.5, 0.6) is 0 Å². The van der Waals surface area contributed by atoms with E-state index in [9.17, 15) is 27.7 Å². The Hall–Kier alpha value is -2.85. The molecule has 0 saturated heterocycles. The van der Waals surface area contributed by atoms with E-state index in [0.29, 0.717) is 0 Å². The number of nitro benzene ring substituents is 1. The molecule has 10 heteroatoms. The highest BCUT2D eigenvalue weighted by Gasteiger charge is 2.29. The number of sulfonamides is 1. The lowest BCUT2D eigenvalue weighted by molar-refractivity contribution is -0.384. The van der Waals surface area contributed by atoms with Gasteiger partial charge in [0.1, 0.15) is 5.82 Å². The summed E-state index contributed by atoms with van der Waals surface area (Å²) in [6.45, 7) is 0. The predicted octanol–water partition coefficient (Wildman–Crippen LogP) is 3.94. The Morgan fingerprint density at radius 3 is 2.53 bits per heavy atom. The van der Waals surface area contributed by atoms with E-state index in [4.69, 9.17) is 0 Å². The molecule has 8 nitrogen and oxygen atoms in total. The second kappa shape index (κ2) is 8.88. The molecule has 160 valence electrons. The maximum absolute atomic E-state index is 13.9. The summed E-state index contributed by atoms with van der Waals surface area (Å²) in [6.07, 6.45) is 4.63. The van der Waals surface area contributed by atoms with Crippen molar-refractivity contribution < 1.29 is 22.5 Å². The van der Waals surface area contributed by atoms with Gasteiger partial charge in [0.2, 0.25) is 10.0 Å². The van der Waals surface area contributed by atoms with Crippen LogP contribution in [0.1, 0.15) is 42.5 Å². The summed E-state index contributed by atoms with van der Waals surface area (Å²) in [5, 5.41) is 13.1. The number of hydrogen-bond donors (Lipinski definition) is 1. The number of halogens is 1. The molecule has 1 amide bonds. The van der Waals surface area contributed by atoms with Gasteiger partial charge in [-0.3, -0.25) is 14.9 Å². The minimum absolute atomic E-state index is 0.000903. The molecular weight excluding hydrogens is 413 g/mol. The highest BCUT2D eigenvalue weighted by atomic mass is 32.2. The van der Waals surface area contributed by atoms with Crippen LogP contribution < -0.4 is 5.32 Å². The van der Waals surface area contributed by atoms with E-state index in [1.165, 1.54) is 35.6 Å². The van der Waals surface area contributed by atoms with E-state index in [1.807, 2.05) is 0 Å². The first-order chi connectivity index (χ1) is 14.2. The van der Waals surface area contributed by atoms with Crippen LogP contribution in [0.3, 0.4) is 0 Å². The number of rotatable bonds is 6. The zero-order valence-corrected chi connectivity index (χ0v) is 17.2. The highest BCUT2D eigenvalue weighted by molar-refractivity contribution is 7.89. The monoisotopic (exact) mass is 435 g/mol. The van der Waals surface area contributed by atoms with Crippen molar-refractivity contribution in [2.45, 2.75) is 43.0 Å². The number of non-ortho nitro benzene ring substituents is 1. The summed E-state index contributed by atoms with van der Waals surface area (Å²) in [6, 6.07) is 8.14. The summed E-state index contributed by atoms with van der Waals surface area (Å²) >= 11 is 0. The first kappa shape index (κ1) is 21.8. The molecule has 0 spiro atoms. The van der Waals surface area contributed by atoms with Gasteiger partial charge >= 0.3 is 0 Å². The average Bonchev–Trinajstić information content (AvgIpc) is 2.75. The van der Waals surface area contributed by atoms with Gasteiger partial charge in [-0.1, -0.05) is 25.3 Å². The summed E-state index contributed by atoms with van der Waals surface area (Å²) in [7, 11) is -2.27. The largest absolute Gasteiger partial charge is 0.319 e. The molecule has 1 saturated carbocycles. The molecular formula is C20H22FN3O5S. The third kappa shape index (κ3) is 4.65. The smallest absolute Gasteiger partial charge is 0.271 e. The van der Waals surface area contributed by atoms with Crippen LogP contribution in [0.2, 0.25) is 0 Å². The van der Waals surface area contributed by atoms with Crippen LogP contribution in [-0.4, -0.2) is 36.6 Å². The van der Waals surface area contributed by atoms with Crippen LogP contribution in [-0.2, 0) is 10.0 Å². The topological polar surface area (TPSA) is 110 Å². The van der Waals surface area contributed by atoms with Gasteiger partial charge < -0.3 is 5.32 Å². The fraction of sp³-hybridized carbons (Fsp3) is 0.350. The summed E-state index contributed by atoms with van der Waals surface area (Å²) in [5.74, 6) is -1.61. The zero-order valence-electron chi connectivity index (χ0n) is 16.4. The zero-order chi connectivity index (χ0) is 21.9. The predicted molar refractivity (Wildman–Crippen MR) is 109 cm³/mol. The Morgan fingerprint density at radius 2 is 1.87 bits per heavy atom. The second-order valence-corrected chi connectivity index (χ2v) is 9.21. The number of hydrogen-bond acceptors (Lipinski definition) is 5. The molecule has 0 atom stereocenters. The number of amides is 1. The van der Waals surface area contributed by atoms with Gasteiger partial charge in [0.15, 0.2) is 0 Å². The molecule has 30 heavy (non-hydrogen) atoms. The molecule has 1 aliphatic carbocycles. The van der Waals surface area contributed by atoms with Crippen LogP contribution in [0.15, 0.2) is 47.4 Å². The van der Waals surface area contributed by atoms with Gasteiger partial charge in [-0.2, -0.15) is 4.31 Å². The summed E-state index contributed by atoms with van der Waals surface area (Å²) < 4.78 is 41.3. The Kier molecular flexibility index (Phi) is 6.47. The molecule has 0 aliphatic heterocycles. The van der Waals surface area contributed by atoms with E-state index in [-0.39, 0.29) is 27.9 Å². The molecule has 3 rings (SSSR count). The van der Waals surface area contributed by atoms with Crippen LogP contribution >= 0.6 is 0 Å². The SMILES string of the molecule is CN(C1CCCCC1)S(=O)(=O)c1cccc(C(=O)Nc2cc([N+](=O)[O-])ccc2F)c1. The van der Waals surface area contributed by atoms with E-state index in [1.54, 1.807) is 0 Å². The number of benzene rings is 2. The lowest BCUT2D eigenvalue weighted by Crippen LogP contribution is -2.38. The molecule has 0 radical (unpaired) electrons. The van der Waals surface area contributed by atoms with Gasteiger partial charge in [0.25, 0.3) is 11.6 Å². The van der Waals surface area contributed by atoms with Crippen molar-refractivity contribution in [3.05, 3.63) is 64.0 Å². The number of carbonyl (C=O) groups is 1. The number of anilines is 1. The Morgan fingerprint density at radius 1 is 1.17 bits per heavy atom. The maximum Gasteiger partial charge on any atom is 0.271 e. The van der Waals surface area contributed by atoms with E-state index in [0.717, 1.165) is 50.3 Å². The fourth-order valence-electron chi connectivity index (χ4n) is 3.52. The van der Waals surface area contributed by atoms with Gasteiger partial charge in [0.05, 0.1) is 15.5 Å². The first-order valence-electron chi connectivity index (χ1n) is 9.53. The lowest BCUT2D eigenvalue weighted by Gasteiger charge is -2.30. The maximum atomic E-state index is 13.9. The third-order valence-corrected chi connectivity index (χ3v) is 7.18. The molecule has 0 heterocycles. The minimum atomic E-state index is -3.80. The number of nitrogens with one attached hydrogen (secondary N) is 1. The molecule has 1 aliphatic rings. The van der Waals surface area contributed by atoms with Crippen molar-refractivity contribution in [1.29, 1.82) is 0 Å². The molecule has 0 unspecified atom stereocenters. The van der Waals surface area contributed by atoms with Crippen molar-refractivity contribution in [2.24, 2.45) is 0 Å². The van der Waals surface area contributed by atoms with Crippen molar-refractivity contribution >= 4 is 27.3 Å². The number of nitrogens with zero attached hydrogens (tertiary/aromatic N) is 2. The second-order valence-electron chi connectivity index (χ2n) is 7.22.